The number of carbonyl (C=O) groups is 1. The van der Waals surface area contributed by atoms with Crippen molar-refractivity contribution < 1.29 is 22.7 Å². The van der Waals surface area contributed by atoms with E-state index in [1.165, 1.54) is 25.3 Å². The van der Waals surface area contributed by atoms with Gasteiger partial charge in [0.05, 0.1) is 12.0 Å². The zero-order valence-electron chi connectivity index (χ0n) is 12.4. The fraction of sp³-hybridized carbons (Fsp3) is 0.133. The lowest BCUT2D eigenvalue weighted by atomic mass is 10.3. The smallest absolute Gasteiger partial charge is 0.262 e. The van der Waals surface area contributed by atoms with Gasteiger partial charge in [0.1, 0.15) is 0 Å². The molecule has 0 aliphatic heterocycles. The SMILES string of the molecule is COc1ccccc1OCC(=O)Nc1cccc(S(N)(=O)=O)c1. The molecule has 122 valence electrons. The van der Waals surface area contributed by atoms with Crippen molar-refractivity contribution in [3.05, 3.63) is 48.5 Å². The number of primary sulfonamides is 1. The molecule has 0 saturated heterocycles. The average Bonchev–Trinajstić information content (AvgIpc) is 2.52. The summed E-state index contributed by atoms with van der Waals surface area (Å²) in [5, 5.41) is 7.58. The van der Waals surface area contributed by atoms with Crippen LogP contribution in [0.2, 0.25) is 0 Å². The third-order valence-electron chi connectivity index (χ3n) is 2.87. The van der Waals surface area contributed by atoms with Gasteiger partial charge in [-0.3, -0.25) is 4.79 Å². The van der Waals surface area contributed by atoms with Crippen LogP contribution in [0.1, 0.15) is 0 Å². The molecule has 0 aliphatic carbocycles. The number of nitrogens with one attached hydrogen (secondary N) is 1. The molecule has 2 aromatic carbocycles. The molecule has 7 nitrogen and oxygen atoms in total. The Morgan fingerprint density at radius 1 is 1.13 bits per heavy atom. The summed E-state index contributed by atoms with van der Waals surface area (Å²) in [7, 11) is -2.32. The Labute approximate surface area is 134 Å². The first-order valence-corrected chi connectivity index (χ1v) is 8.13. The molecule has 0 unspecified atom stereocenters. The molecule has 0 saturated carbocycles. The van der Waals surface area contributed by atoms with Crippen molar-refractivity contribution in [3.8, 4) is 11.5 Å². The van der Waals surface area contributed by atoms with Gasteiger partial charge in [-0.2, -0.15) is 0 Å². The van der Waals surface area contributed by atoms with Crippen LogP contribution in [0.3, 0.4) is 0 Å². The maximum absolute atomic E-state index is 11.9. The number of hydrogen-bond acceptors (Lipinski definition) is 5. The predicted molar refractivity (Wildman–Crippen MR) is 84.9 cm³/mol. The average molecular weight is 336 g/mol. The van der Waals surface area contributed by atoms with Gasteiger partial charge in [0.25, 0.3) is 5.91 Å². The van der Waals surface area contributed by atoms with Gasteiger partial charge in [0.2, 0.25) is 10.0 Å². The number of sulfonamides is 1. The maximum Gasteiger partial charge on any atom is 0.262 e. The summed E-state index contributed by atoms with van der Waals surface area (Å²) in [6.07, 6.45) is 0. The lowest BCUT2D eigenvalue weighted by Crippen LogP contribution is -2.20. The largest absolute Gasteiger partial charge is 0.493 e. The van der Waals surface area contributed by atoms with E-state index in [0.29, 0.717) is 17.2 Å². The van der Waals surface area contributed by atoms with Gasteiger partial charge in [-0.1, -0.05) is 18.2 Å². The molecule has 0 radical (unpaired) electrons. The van der Waals surface area contributed by atoms with Crippen LogP contribution in [0.15, 0.2) is 53.4 Å². The summed E-state index contributed by atoms with van der Waals surface area (Å²) < 4.78 is 33.0. The summed E-state index contributed by atoms with van der Waals surface area (Å²) in [6, 6.07) is 12.6. The topological polar surface area (TPSA) is 108 Å². The lowest BCUT2D eigenvalue weighted by molar-refractivity contribution is -0.118. The minimum absolute atomic E-state index is 0.0825. The number of hydrogen-bond donors (Lipinski definition) is 2. The summed E-state index contributed by atoms with van der Waals surface area (Å²) in [5.41, 5.74) is 0.310. The van der Waals surface area contributed by atoms with Crippen molar-refractivity contribution in [2.24, 2.45) is 5.14 Å². The minimum Gasteiger partial charge on any atom is -0.493 e. The summed E-state index contributed by atoms with van der Waals surface area (Å²) in [5.74, 6) is 0.502. The molecule has 0 fully saturated rings. The summed E-state index contributed by atoms with van der Waals surface area (Å²) in [4.78, 5) is 11.8. The highest BCUT2D eigenvalue weighted by atomic mass is 32.2. The molecular weight excluding hydrogens is 320 g/mol. The van der Waals surface area contributed by atoms with Crippen LogP contribution in [-0.4, -0.2) is 28.0 Å². The van der Waals surface area contributed by atoms with Crippen LogP contribution in [0, 0.1) is 0 Å². The number of nitrogens with two attached hydrogens (primary N) is 1. The molecule has 8 heteroatoms. The number of methoxy groups -OCH3 is 1. The Balaban J connectivity index is 2.00. The van der Waals surface area contributed by atoms with Crippen LogP contribution in [0.25, 0.3) is 0 Å². The van der Waals surface area contributed by atoms with Crippen LogP contribution < -0.4 is 19.9 Å². The van der Waals surface area contributed by atoms with Crippen LogP contribution in [-0.2, 0) is 14.8 Å². The Kier molecular flexibility index (Phi) is 5.20. The third kappa shape index (κ3) is 4.70. The highest BCUT2D eigenvalue weighted by molar-refractivity contribution is 7.89. The molecule has 0 bridgehead atoms. The number of anilines is 1. The third-order valence-corrected chi connectivity index (χ3v) is 3.79. The van der Waals surface area contributed by atoms with E-state index in [0.717, 1.165) is 0 Å². The second-order valence-corrected chi connectivity index (χ2v) is 6.12. The molecular formula is C15H16N2O5S. The summed E-state index contributed by atoms with van der Waals surface area (Å²) >= 11 is 0. The van der Waals surface area contributed by atoms with Crippen molar-refractivity contribution in [1.82, 2.24) is 0 Å². The molecule has 23 heavy (non-hydrogen) atoms. The van der Waals surface area contributed by atoms with Crippen molar-refractivity contribution in [2.45, 2.75) is 4.90 Å². The Hall–Kier alpha value is -2.58. The number of rotatable bonds is 6. The highest BCUT2D eigenvalue weighted by Crippen LogP contribution is 2.25. The van der Waals surface area contributed by atoms with Gasteiger partial charge in [-0.25, -0.2) is 13.6 Å². The second kappa shape index (κ2) is 7.12. The maximum atomic E-state index is 11.9. The Morgan fingerprint density at radius 3 is 2.48 bits per heavy atom. The molecule has 0 aliphatic rings. The van der Waals surface area contributed by atoms with Crippen molar-refractivity contribution in [2.75, 3.05) is 19.0 Å². The highest BCUT2D eigenvalue weighted by Gasteiger charge is 2.10. The summed E-state index contributed by atoms with van der Waals surface area (Å²) in [6.45, 7) is -0.250. The molecule has 2 aromatic rings. The normalized spacial score (nSPS) is 10.9. The van der Waals surface area contributed by atoms with E-state index in [1.54, 1.807) is 30.3 Å². The molecule has 0 aromatic heterocycles. The van der Waals surface area contributed by atoms with E-state index in [9.17, 15) is 13.2 Å². The fourth-order valence-electron chi connectivity index (χ4n) is 1.83. The molecule has 0 spiro atoms. The molecule has 2 rings (SSSR count). The first-order valence-electron chi connectivity index (χ1n) is 6.58. The Morgan fingerprint density at radius 2 is 1.83 bits per heavy atom. The van der Waals surface area contributed by atoms with E-state index in [4.69, 9.17) is 14.6 Å². The van der Waals surface area contributed by atoms with E-state index in [2.05, 4.69) is 5.32 Å². The van der Waals surface area contributed by atoms with Crippen molar-refractivity contribution in [3.63, 3.8) is 0 Å². The minimum atomic E-state index is -3.82. The van der Waals surface area contributed by atoms with Crippen LogP contribution in [0.5, 0.6) is 11.5 Å². The predicted octanol–water partition coefficient (Wildman–Crippen LogP) is 1.36. The van der Waals surface area contributed by atoms with E-state index in [-0.39, 0.29) is 11.5 Å². The number of ether oxygens (including phenoxy) is 2. The van der Waals surface area contributed by atoms with Gasteiger partial charge >= 0.3 is 0 Å². The number of amides is 1. The molecule has 3 N–H and O–H groups in total. The standard InChI is InChI=1S/C15H16N2O5S/c1-21-13-7-2-3-8-14(13)22-10-15(18)17-11-5-4-6-12(9-11)23(16,19)20/h2-9H,10H2,1H3,(H,17,18)(H2,16,19,20). The van der Waals surface area contributed by atoms with Crippen LogP contribution in [0.4, 0.5) is 5.69 Å². The number of para-hydroxylation sites is 2. The number of benzene rings is 2. The van der Waals surface area contributed by atoms with Gasteiger partial charge < -0.3 is 14.8 Å². The van der Waals surface area contributed by atoms with Gasteiger partial charge in [0, 0.05) is 5.69 Å². The van der Waals surface area contributed by atoms with E-state index < -0.39 is 15.9 Å². The van der Waals surface area contributed by atoms with Gasteiger partial charge in [0.15, 0.2) is 18.1 Å². The zero-order valence-corrected chi connectivity index (χ0v) is 13.2. The zero-order chi connectivity index (χ0) is 16.9. The van der Waals surface area contributed by atoms with E-state index >= 15 is 0 Å². The second-order valence-electron chi connectivity index (χ2n) is 4.56. The molecule has 0 heterocycles. The number of carbonyl (C=O) groups excluding carboxylic acids is 1. The van der Waals surface area contributed by atoms with Gasteiger partial charge in [-0.05, 0) is 30.3 Å². The van der Waals surface area contributed by atoms with Gasteiger partial charge in [-0.15, -0.1) is 0 Å². The van der Waals surface area contributed by atoms with E-state index in [1.807, 2.05) is 0 Å². The van der Waals surface area contributed by atoms with Crippen LogP contribution >= 0.6 is 0 Å². The first kappa shape index (κ1) is 16.8. The molecule has 0 atom stereocenters. The monoisotopic (exact) mass is 336 g/mol. The van der Waals surface area contributed by atoms with Crippen molar-refractivity contribution >= 4 is 21.6 Å². The quantitative estimate of drug-likeness (QED) is 0.828. The Bertz CT molecular complexity index is 805. The molecule has 1 amide bonds. The lowest BCUT2D eigenvalue weighted by Gasteiger charge is -2.10. The fourth-order valence-corrected chi connectivity index (χ4v) is 2.39. The first-order chi connectivity index (χ1) is 10.9. The van der Waals surface area contributed by atoms with Crippen molar-refractivity contribution in [1.29, 1.82) is 0 Å².